The summed E-state index contributed by atoms with van der Waals surface area (Å²) >= 11 is 0.872. The molecule has 2 aliphatic heterocycles. The lowest BCUT2D eigenvalue weighted by atomic mass is 9.80. The molecule has 2 heterocycles. The molecule has 1 atom stereocenters. The van der Waals surface area contributed by atoms with Gasteiger partial charge in [-0.25, -0.2) is 0 Å². The van der Waals surface area contributed by atoms with E-state index >= 15 is 0 Å². The van der Waals surface area contributed by atoms with Crippen LogP contribution in [0.15, 0.2) is 53.4 Å². The quantitative estimate of drug-likeness (QED) is 0.659. The van der Waals surface area contributed by atoms with Gasteiger partial charge in [-0.15, -0.1) is 0 Å². The standard InChI is InChI=1S/C25H27N3O3S/c1-16-14-25(2,3)27(4)20-11-10-17(12-19(16)20)13-21-23(30)28(24(31)32-21)15-22(29)26-18-8-6-5-7-9-18/h5-13,16H,14-15H2,1-4H3,(H,26,29)/b21-13-. The van der Waals surface area contributed by atoms with Crippen LogP contribution in [0.5, 0.6) is 0 Å². The van der Waals surface area contributed by atoms with E-state index in [2.05, 4.69) is 50.2 Å². The van der Waals surface area contributed by atoms with Crippen LogP contribution in [0.4, 0.5) is 16.2 Å². The Balaban J connectivity index is 1.51. The second-order valence-corrected chi connectivity index (χ2v) is 9.97. The highest BCUT2D eigenvalue weighted by Gasteiger charge is 2.37. The van der Waals surface area contributed by atoms with Gasteiger partial charge in [-0.2, -0.15) is 0 Å². The highest BCUT2D eigenvalue weighted by molar-refractivity contribution is 8.18. The predicted octanol–water partition coefficient (Wildman–Crippen LogP) is 5.08. The van der Waals surface area contributed by atoms with Gasteiger partial charge in [0.05, 0.1) is 4.91 Å². The Kier molecular flexibility index (Phi) is 5.86. The van der Waals surface area contributed by atoms with E-state index < -0.39 is 17.1 Å². The zero-order valence-corrected chi connectivity index (χ0v) is 19.5. The summed E-state index contributed by atoms with van der Waals surface area (Å²) in [5.74, 6) is -0.457. The van der Waals surface area contributed by atoms with Gasteiger partial charge in [-0.05, 0) is 79.4 Å². The van der Waals surface area contributed by atoms with Crippen molar-refractivity contribution in [3.63, 3.8) is 0 Å². The first-order chi connectivity index (χ1) is 15.2. The Bertz CT molecular complexity index is 1110. The molecule has 0 bridgehead atoms. The molecular formula is C25H27N3O3S. The lowest BCUT2D eigenvalue weighted by Crippen LogP contribution is -2.45. The third kappa shape index (κ3) is 4.30. The molecule has 2 aromatic carbocycles. The molecular weight excluding hydrogens is 422 g/mol. The maximum absolute atomic E-state index is 12.8. The second kappa shape index (κ2) is 8.47. The summed E-state index contributed by atoms with van der Waals surface area (Å²) in [5, 5.41) is 2.27. The molecule has 4 rings (SSSR count). The largest absolute Gasteiger partial charge is 0.369 e. The molecule has 1 fully saturated rings. The second-order valence-electron chi connectivity index (χ2n) is 8.98. The van der Waals surface area contributed by atoms with E-state index in [1.807, 2.05) is 12.1 Å². The minimum Gasteiger partial charge on any atom is -0.369 e. The van der Waals surface area contributed by atoms with Crippen LogP contribution in [0.25, 0.3) is 6.08 Å². The van der Waals surface area contributed by atoms with E-state index in [9.17, 15) is 14.4 Å². The molecule has 1 unspecified atom stereocenters. The van der Waals surface area contributed by atoms with Crippen LogP contribution in [0, 0.1) is 0 Å². The maximum atomic E-state index is 12.8. The van der Waals surface area contributed by atoms with Gasteiger partial charge >= 0.3 is 0 Å². The molecule has 6 nitrogen and oxygen atoms in total. The van der Waals surface area contributed by atoms with Gasteiger partial charge in [0.1, 0.15) is 6.54 Å². The average molecular weight is 450 g/mol. The van der Waals surface area contributed by atoms with Gasteiger partial charge in [0.2, 0.25) is 5.91 Å². The summed E-state index contributed by atoms with van der Waals surface area (Å²) in [5.41, 5.74) is 4.01. The van der Waals surface area contributed by atoms with Gasteiger partial charge in [-0.1, -0.05) is 31.2 Å². The average Bonchev–Trinajstić information content (AvgIpc) is 3.00. The lowest BCUT2D eigenvalue weighted by Gasteiger charge is -2.45. The van der Waals surface area contributed by atoms with Gasteiger partial charge in [0.15, 0.2) is 0 Å². The number of nitrogens with zero attached hydrogens (tertiary/aromatic N) is 2. The molecule has 1 N–H and O–H groups in total. The van der Waals surface area contributed by atoms with E-state index in [-0.39, 0.29) is 12.1 Å². The predicted molar refractivity (Wildman–Crippen MR) is 130 cm³/mol. The van der Waals surface area contributed by atoms with Gasteiger partial charge < -0.3 is 10.2 Å². The molecule has 2 aromatic rings. The fourth-order valence-corrected chi connectivity index (χ4v) is 5.18. The number of fused-ring (bicyclic) bond motifs is 1. The third-order valence-electron chi connectivity index (χ3n) is 6.19. The fraction of sp³-hybridized carbons (Fsp3) is 0.320. The van der Waals surface area contributed by atoms with Crippen molar-refractivity contribution in [3.8, 4) is 0 Å². The highest BCUT2D eigenvalue weighted by Crippen LogP contribution is 2.43. The minimum atomic E-state index is -0.438. The van der Waals surface area contributed by atoms with E-state index in [1.165, 1.54) is 11.3 Å². The Morgan fingerprint density at radius 2 is 1.91 bits per heavy atom. The van der Waals surface area contributed by atoms with E-state index in [4.69, 9.17) is 0 Å². The van der Waals surface area contributed by atoms with Crippen LogP contribution in [0.2, 0.25) is 0 Å². The number of carbonyl (C=O) groups is 3. The van der Waals surface area contributed by atoms with Crippen LogP contribution in [0.3, 0.4) is 0 Å². The summed E-state index contributed by atoms with van der Waals surface area (Å²) in [6.45, 7) is 6.39. The number of carbonyl (C=O) groups excluding carboxylic acids is 3. The summed E-state index contributed by atoms with van der Waals surface area (Å²) in [6.07, 6.45) is 2.78. The highest BCUT2D eigenvalue weighted by atomic mass is 32.2. The molecule has 0 saturated carbocycles. The molecule has 1 saturated heterocycles. The van der Waals surface area contributed by atoms with Crippen molar-refractivity contribution in [1.29, 1.82) is 0 Å². The number of hydrogen-bond donors (Lipinski definition) is 1. The number of benzene rings is 2. The number of amides is 3. The van der Waals surface area contributed by atoms with Crippen molar-refractivity contribution >= 4 is 46.3 Å². The van der Waals surface area contributed by atoms with Gasteiger partial charge in [-0.3, -0.25) is 19.3 Å². The van der Waals surface area contributed by atoms with Crippen molar-refractivity contribution in [1.82, 2.24) is 4.90 Å². The molecule has 166 valence electrons. The van der Waals surface area contributed by atoms with Crippen LogP contribution >= 0.6 is 11.8 Å². The lowest BCUT2D eigenvalue weighted by molar-refractivity contribution is -0.127. The van der Waals surface area contributed by atoms with Crippen molar-refractivity contribution in [2.24, 2.45) is 0 Å². The maximum Gasteiger partial charge on any atom is 0.294 e. The number of hydrogen-bond acceptors (Lipinski definition) is 5. The molecule has 7 heteroatoms. The number of anilines is 2. The topological polar surface area (TPSA) is 69.7 Å². The van der Waals surface area contributed by atoms with E-state index in [0.717, 1.165) is 28.6 Å². The third-order valence-corrected chi connectivity index (χ3v) is 7.10. The summed E-state index contributed by atoms with van der Waals surface area (Å²) < 4.78 is 0. The zero-order chi connectivity index (χ0) is 23.0. The monoisotopic (exact) mass is 449 g/mol. The number of para-hydroxylation sites is 1. The molecule has 32 heavy (non-hydrogen) atoms. The van der Waals surface area contributed by atoms with Crippen molar-refractivity contribution in [2.75, 3.05) is 23.8 Å². The Hall–Kier alpha value is -3.06. The normalized spacial score (nSPS) is 21.1. The Labute approximate surface area is 192 Å². The van der Waals surface area contributed by atoms with Crippen molar-refractivity contribution in [3.05, 3.63) is 64.6 Å². The number of thioether (sulfide) groups is 1. The molecule has 0 aliphatic carbocycles. The summed E-state index contributed by atoms with van der Waals surface area (Å²) in [6, 6.07) is 15.1. The number of rotatable bonds is 4. The van der Waals surface area contributed by atoms with Crippen molar-refractivity contribution in [2.45, 2.75) is 38.6 Å². The fourth-order valence-electron chi connectivity index (χ4n) is 4.34. The zero-order valence-electron chi connectivity index (χ0n) is 18.7. The summed E-state index contributed by atoms with van der Waals surface area (Å²) in [4.78, 5) is 41.2. The summed E-state index contributed by atoms with van der Waals surface area (Å²) in [7, 11) is 2.11. The van der Waals surface area contributed by atoms with Gasteiger partial charge in [0.25, 0.3) is 11.1 Å². The van der Waals surface area contributed by atoms with Crippen LogP contribution in [0.1, 0.15) is 44.2 Å². The molecule has 2 aliphatic rings. The van der Waals surface area contributed by atoms with Crippen LogP contribution in [-0.2, 0) is 9.59 Å². The number of imide groups is 1. The molecule has 3 amide bonds. The van der Waals surface area contributed by atoms with Gasteiger partial charge in [0, 0.05) is 24.0 Å². The van der Waals surface area contributed by atoms with Crippen molar-refractivity contribution < 1.29 is 14.4 Å². The minimum absolute atomic E-state index is 0.0803. The first-order valence-corrected chi connectivity index (χ1v) is 11.5. The van der Waals surface area contributed by atoms with Crippen LogP contribution in [-0.4, -0.2) is 41.1 Å². The van der Waals surface area contributed by atoms with E-state index in [0.29, 0.717) is 16.5 Å². The number of nitrogens with one attached hydrogen (secondary N) is 1. The Morgan fingerprint density at radius 1 is 1.19 bits per heavy atom. The molecule has 0 radical (unpaired) electrons. The molecule has 0 spiro atoms. The van der Waals surface area contributed by atoms with Crippen LogP contribution < -0.4 is 10.2 Å². The Morgan fingerprint density at radius 3 is 2.62 bits per heavy atom. The SMILES string of the molecule is CC1CC(C)(C)N(C)c2ccc(/C=C3\SC(=O)N(CC(=O)Nc4ccccc4)C3=O)cc21. The smallest absolute Gasteiger partial charge is 0.294 e. The first kappa shape index (κ1) is 22.1. The first-order valence-electron chi connectivity index (χ1n) is 10.6. The van der Waals surface area contributed by atoms with E-state index in [1.54, 1.807) is 30.3 Å². The molecule has 0 aromatic heterocycles.